The molecule has 3 N–H and O–H groups in total. The first-order chi connectivity index (χ1) is 6.45. The highest BCUT2D eigenvalue weighted by Gasteiger charge is 2.35. The molecule has 0 heterocycles. The van der Waals surface area contributed by atoms with Crippen LogP contribution in [-0.4, -0.2) is 59.8 Å². The lowest BCUT2D eigenvalue weighted by molar-refractivity contribution is -0.171. The summed E-state index contributed by atoms with van der Waals surface area (Å²) < 4.78 is 8.17. The minimum Gasteiger partial charge on any atom is -0.467 e. The first-order valence-corrected chi connectivity index (χ1v) is 3.65. The molecule has 0 aromatic carbocycles. The molecule has 0 spiro atoms. The summed E-state index contributed by atoms with van der Waals surface area (Å²) in [6.07, 6.45) is -5.96. The Kier molecular flexibility index (Phi) is 5.06. The van der Waals surface area contributed by atoms with Crippen LogP contribution in [0.2, 0.25) is 0 Å². The van der Waals surface area contributed by atoms with Crippen LogP contribution in [-0.2, 0) is 19.1 Å². The molecule has 0 saturated carbocycles. The lowest BCUT2D eigenvalue weighted by Crippen LogP contribution is -2.46. The number of hydrogen-bond donors (Lipinski definition) is 3. The number of methoxy groups -OCH3 is 2. The SMILES string of the molecule is COC(=O)[C@@H](O)C(O)[C@H](O)C(=O)OC. The third-order valence-corrected chi connectivity index (χ3v) is 1.53. The van der Waals surface area contributed by atoms with Gasteiger partial charge in [0.05, 0.1) is 14.2 Å². The first kappa shape index (κ1) is 12.8. The average molecular weight is 208 g/mol. The summed E-state index contributed by atoms with van der Waals surface area (Å²) in [6.45, 7) is 0. The van der Waals surface area contributed by atoms with E-state index in [2.05, 4.69) is 9.47 Å². The van der Waals surface area contributed by atoms with Crippen LogP contribution in [0.25, 0.3) is 0 Å². The van der Waals surface area contributed by atoms with Gasteiger partial charge in [0.2, 0.25) is 0 Å². The van der Waals surface area contributed by atoms with Crippen LogP contribution < -0.4 is 0 Å². The molecule has 0 saturated heterocycles. The summed E-state index contributed by atoms with van der Waals surface area (Å²) in [5.74, 6) is -2.30. The molecule has 7 heteroatoms. The highest BCUT2D eigenvalue weighted by atomic mass is 16.5. The Bertz CT molecular complexity index is 192. The first-order valence-electron chi connectivity index (χ1n) is 3.65. The number of ether oxygens (including phenoxy) is 2. The van der Waals surface area contributed by atoms with Crippen LogP contribution in [0.5, 0.6) is 0 Å². The van der Waals surface area contributed by atoms with Crippen molar-refractivity contribution in [2.45, 2.75) is 18.3 Å². The zero-order chi connectivity index (χ0) is 11.3. The molecule has 2 atom stereocenters. The number of aliphatic hydroxyl groups excluding tert-OH is 3. The Hall–Kier alpha value is -1.18. The zero-order valence-electron chi connectivity index (χ0n) is 7.71. The van der Waals surface area contributed by atoms with E-state index in [1.165, 1.54) is 0 Å². The highest BCUT2D eigenvalue weighted by molar-refractivity contribution is 5.79. The van der Waals surface area contributed by atoms with Crippen LogP contribution >= 0.6 is 0 Å². The second kappa shape index (κ2) is 5.53. The van der Waals surface area contributed by atoms with Crippen molar-refractivity contribution in [3.63, 3.8) is 0 Å². The van der Waals surface area contributed by atoms with Gasteiger partial charge in [0, 0.05) is 0 Å². The topological polar surface area (TPSA) is 113 Å². The van der Waals surface area contributed by atoms with Gasteiger partial charge in [-0.1, -0.05) is 0 Å². The monoisotopic (exact) mass is 208 g/mol. The van der Waals surface area contributed by atoms with Gasteiger partial charge >= 0.3 is 11.9 Å². The van der Waals surface area contributed by atoms with Crippen LogP contribution in [0.3, 0.4) is 0 Å². The third kappa shape index (κ3) is 2.95. The van der Waals surface area contributed by atoms with Crippen LogP contribution in [0, 0.1) is 0 Å². The van der Waals surface area contributed by atoms with Crippen LogP contribution in [0.1, 0.15) is 0 Å². The maximum Gasteiger partial charge on any atom is 0.337 e. The normalized spacial score (nSPS) is 14.7. The summed E-state index contributed by atoms with van der Waals surface area (Å²) in [5.41, 5.74) is 0. The fourth-order valence-electron chi connectivity index (χ4n) is 0.693. The molecule has 0 aliphatic rings. The number of esters is 2. The van der Waals surface area contributed by atoms with E-state index in [4.69, 9.17) is 15.3 Å². The van der Waals surface area contributed by atoms with E-state index in [1.54, 1.807) is 0 Å². The van der Waals surface area contributed by atoms with Gasteiger partial charge < -0.3 is 24.8 Å². The predicted octanol–water partition coefficient (Wildman–Crippen LogP) is -2.58. The molecule has 0 bridgehead atoms. The number of rotatable bonds is 4. The highest BCUT2D eigenvalue weighted by Crippen LogP contribution is 2.03. The molecule has 0 aliphatic carbocycles. The van der Waals surface area contributed by atoms with Crippen molar-refractivity contribution in [2.75, 3.05) is 14.2 Å². The average Bonchev–Trinajstić information content (AvgIpc) is 2.23. The van der Waals surface area contributed by atoms with E-state index in [0.717, 1.165) is 14.2 Å². The maximum atomic E-state index is 10.7. The van der Waals surface area contributed by atoms with Gasteiger partial charge in [-0.2, -0.15) is 0 Å². The van der Waals surface area contributed by atoms with Gasteiger partial charge in [0.25, 0.3) is 0 Å². The molecule has 0 rings (SSSR count). The van der Waals surface area contributed by atoms with Crippen molar-refractivity contribution in [3.8, 4) is 0 Å². The summed E-state index contributed by atoms with van der Waals surface area (Å²) in [6, 6.07) is 0. The van der Waals surface area contributed by atoms with Crippen molar-refractivity contribution < 1.29 is 34.4 Å². The molecule has 14 heavy (non-hydrogen) atoms. The predicted molar refractivity (Wildman–Crippen MR) is 42.1 cm³/mol. The molecule has 0 aromatic rings. The lowest BCUT2D eigenvalue weighted by atomic mass is 10.1. The van der Waals surface area contributed by atoms with Crippen LogP contribution in [0.15, 0.2) is 0 Å². The molecule has 0 amide bonds. The number of carbonyl (C=O) groups is 2. The zero-order valence-corrected chi connectivity index (χ0v) is 7.71. The summed E-state index contributed by atoms with van der Waals surface area (Å²) >= 11 is 0. The molecule has 7 nitrogen and oxygen atoms in total. The fourth-order valence-corrected chi connectivity index (χ4v) is 0.693. The molecule has 82 valence electrons. The molecular formula is C7H12O7. The fraction of sp³-hybridized carbons (Fsp3) is 0.714. The minimum atomic E-state index is -1.99. The van der Waals surface area contributed by atoms with E-state index in [1.807, 2.05) is 0 Å². The Labute approximate surface area is 79.9 Å². The van der Waals surface area contributed by atoms with E-state index < -0.39 is 30.3 Å². The summed E-state index contributed by atoms with van der Waals surface area (Å²) in [5, 5.41) is 27.1. The van der Waals surface area contributed by atoms with Crippen molar-refractivity contribution in [2.24, 2.45) is 0 Å². The van der Waals surface area contributed by atoms with E-state index in [9.17, 15) is 9.59 Å². The third-order valence-electron chi connectivity index (χ3n) is 1.53. The van der Waals surface area contributed by atoms with Crippen molar-refractivity contribution in [3.05, 3.63) is 0 Å². The quantitative estimate of drug-likeness (QED) is 0.434. The second-order valence-corrected chi connectivity index (χ2v) is 2.43. The van der Waals surface area contributed by atoms with E-state index in [-0.39, 0.29) is 0 Å². The maximum absolute atomic E-state index is 10.7. The lowest BCUT2D eigenvalue weighted by Gasteiger charge is -2.18. The number of carbonyl (C=O) groups excluding carboxylic acids is 2. The largest absolute Gasteiger partial charge is 0.467 e. The van der Waals surface area contributed by atoms with E-state index in [0.29, 0.717) is 0 Å². The van der Waals surface area contributed by atoms with Crippen molar-refractivity contribution >= 4 is 11.9 Å². The number of aliphatic hydroxyl groups is 3. The minimum absolute atomic E-state index is 0.989. The van der Waals surface area contributed by atoms with Crippen LogP contribution in [0.4, 0.5) is 0 Å². The number of hydrogen-bond acceptors (Lipinski definition) is 7. The molecule has 0 radical (unpaired) electrons. The van der Waals surface area contributed by atoms with Gasteiger partial charge in [0.15, 0.2) is 12.2 Å². The molecule has 0 fully saturated rings. The molecular weight excluding hydrogens is 196 g/mol. The summed E-state index contributed by atoms with van der Waals surface area (Å²) in [7, 11) is 1.98. The van der Waals surface area contributed by atoms with Gasteiger partial charge in [-0.25, -0.2) is 9.59 Å². The second-order valence-electron chi connectivity index (χ2n) is 2.43. The van der Waals surface area contributed by atoms with Gasteiger partial charge in [0.1, 0.15) is 6.10 Å². The molecule has 0 aromatic heterocycles. The Morgan fingerprint density at radius 2 is 1.21 bits per heavy atom. The van der Waals surface area contributed by atoms with Crippen molar-refractivity contribution in [1.82, 2.24) is 0 Å². The standard InChI is InChI=1S/C7H12O7/c1-13-6(11)4(9)3(8)5(10)7(12)14-2/h3-5,8-10H,1-2H3/t4-,5-/m0/s1. The molecule has 0 unspecified atom stereocenters. The van der Waals surface area contributed by atoms with Gasteiger partial charge in [-0.15, -0.1) is 0 Å². The Morgan fingerprint density at radius 1 is 0.929 bits per heavy atom. The smallest absolute Gasteiger partial charge is 0.337 e. The summed E-state index contributed by atoms with van der Waals surface area (Å²) in [4.78, 5) is 21.3. The Balaban J connectivity index is 4.37. The van der Waals surface area contributed by atoms with Gasteiger partial charge in [-0.05, 0) is 0 Å². The molecule has 0 aliphatic heterocycles. The Morgan fingerprint density at radius 3 is 1.43 bits per heavy atom. The van der Waals surface area contributed by atoms with Crippen molar-refractivity contribution in [1.29, 1.82) is 0 Å². The van der Waals surface area contributed by atoms with Gasteiger partial charge in [-0.3, -0.25) is 0 Å². The van der Waals surface area contributed by atoms with E-state index >= 15 is 0 Å².